The van der Waals surface area contributed by atoms with Gasteiger partial charge in [-0.3, -0.25) is 4.90 Å². The summed E-state index contributed by atoms with van der Waals surface area (Å²) in [6.45, 7) is 8.12. The Morgan fingerprint density at radius 2 is 2.17 bits per heavy atom. The molecule has 0 N–H and O–H groups in total. The van der Waals surface area contributed by atoms with E-state index in [2.05, 4.69) is 29.8 Å². The highest BCUT2D eigenvalue weighted by atomic mass is 16.5. The number of benzene rings is 1. The quantitative estimate of drug-likeness (QED) is 0.703. The Labute approximate surface area is 177 Å². The van der Waals surface area contributed by atoms with Crippen molar-refractivity contribution in [3.63, 3.8) is 0 Å². The summed E-state index contributed by atoms with van der Waals surface area (Å²) in [5.41, 5.74) is 2.76. The SMILES string of the molecule is CCOC(=O)C1c2c(OC)ccc3c2C(=CC(C)(C)CO3)CN1Cc1nccn1C. The largest absolute Gasteiger partial charge is 0.496 e. The van der Waals surface area contributed by atoms with Crippen LogP contribution in [0.3, 0.4) is 0 Å². The smallest absolute Gasteiger partial charge is 0.328 e. The number of carbonyl (C=O) groups is 1. The van der Waals surface area contributed by atoms with E-state index in [1.165, 1.54) is 0 Å². The molecule has 7 heteroatoms. The minimum absolute atomic E-state index is 0.134. The monoisotopic (exact) mass is 411 g/mol. The first-order valence-corrected chi connectivity index (χ1v) is 10.3. The zero-order valence-electron chi connectivity index (χ0n) is 18.3. The molecule has 1 atom stereocenters. The van der Waals surface area contributed by atoms with Gasteiger partial charge in [0.25, 0.3) is 0 Å². The predicted octanol–water partition coefficient (Wildman–Crippen LogP) is 3.35. The van der Waals surface area contributed by atoms with E-state index in [4.69, 9.17) is 14.2 Å². The molecule has 1 aromatic carbocycles. The number of methoxy groups -OCH3 is 1. The lowest BCUT2D eigenvalue weighted by Gasteiger charge is -2.38. The molecule has 3 heterocycles. The van der Waals surface area contributed by atoms with Crippen molar-refractivity contribution in [2.24, 2.45) is 12.5 Å². The van der Waals surface area contributed by atoms with Crippen molar-refractivity contribution < 1.29 is 19.0 Å². The Kier molecular flexibility index (Phi) is 5.32. The maximum atomic E-state index is 13.2. The van der Waals surface area contributed by atoms with Crippen LogP contribution < -0.4 is 9.47 Å². The van der Waals surface area contributed by atoms with Crippen LogP contribution in [0.5, 0.6) is 11.5 Å². The molecule has 0 radical (unpaired) electrons. The fourth-order valence-corrected chi connectivity index (χ4v) is 4.31. The van der Waals surface area contributed by atoms with E-state index in [0.29, 0.717) is 32.1 Å². The highest BCUT2D eigenvalue weighted by Gasteiger charge is 2.42. The Balaban J connectivity index is 1.91. The van der Waals surface area contributed by atoms with E-state index < -0.39 is 6.04 Å². The van der Waals surface area contributed by atoms with Crippen molar-refractivity contribution in [2.45, 2.75) is 33.4 Å². The fourth-order valence-electron chi connectivity index (χ4n) is 4.31. The topological polar surface area (TPSA) is 65.8 Å². The molecule has 0 fully saturated rings. The molecule has 0 amide bonds. The van der Waals surface area contributed by atoms with Crippen molar-refractivity contribution >= 4 is 11.5 Å². The number of carbonyl (C=O) groups excluding carboxylic acids is 1. The standard InChI is InChI=1S/C23H29N3O4/c1-6-29-22(27)21-20-16(28-5)7-8-17-19(20)15(11-23(2,3)14-30-17)12-26(21)13-18-24-9-10-25(18)4/h7-11,21H,6,12-14H2,1-5H3. The van der Waals surface area contributed by atoms with E-state index >= 15 is 0 Å². The van der Waals surface area contributed by atoms with Crippen molar-refractivity contribution in [1.82, 2.24) is 14.5 Å². The van der Waals surface area contributed by atoms with Crippen molar-refractivity contribution in [3.8, 4) is 11.5 Å². The Bertz CT molecular complexity index is 992. The van der Waals surface area contributed by atoms with Crippen LogP contribution in [-0.2, 0) is 23.1 Å². The van der Waals surface area contributed by atoms with Crippen LogP contribution in [0.25, 0.3) is 5.57 Å². The molecule has 0 bridgehead atoms. The molecule has 7 nitrogen and oxygen atoms in total. The maximum absolute atomic E-state index is 13.2. The number of aryl methyl sites for hydroxylation is 1. The fraction of sp³-hybridized carbons (Fsp3) is 0.478. The van der Waals surface area contributed by atoms with Crippen molar-refractivity contribution in [1.29, 1.82) is 0 Å². The average molecular weight is 412 g/mol. The molecule has 2 aromatic rings. The molecule has 4 rings (SSSR count). The minimum Gasteiger partial charge on any atom is -0.496 e. The number of hydrogen-bond acceptors (Lipinski definition) is 6. The number of rotatable bonds is 5. The normalized spacial score (nSPS) is 19.9. The molecule has 2 aliphatic heterocycles. The first-order valence-electron chi connectivity index (χ1n) is 10.3. The second kappa shape index (κ2) is 7.80. The molecular formula is C23H29N3O4. The molecule has 0 aliphatic carbocycles. The summed E-state index contributed by atoms with van der Waals surface area (Å²) in [6, 6.07) is 3.21. The van der Waals surface area contributed by atoms with Crippen LogP contribution in [0.1, 0.15) is 43.8 Å². The zero-order chi connectivity index (χ0) is 21.5. The molecule has 1 aromatic heterocycles. The molecule has 1 unspecified atom stereocenters. The Morgan fingerprint density at radius 1 is 1.37 bits per heavy atom. The molecule has 0 saturated heterocycles. The van der Waals surface area contributed by atoms with Gasteiger partial charge >= 0.3 is 5.97 Å². The van der Waals surface area contributed by atoms with Gasteiger partial charge < -0.3 is 18.8 Å². The van der Waals surface area contributed by atoms with Gasteiger partial charge in [-0.2, -0.15) is 0 Å². The van der Waals surface area contributed by atoms with Gasteiger partial charge in [-0.25, -0.2) is 9.78 Å². The number of ether oxygens (including phenoxy) is 3. The van der Waals surface area contributed by atoms with Crippen LogP contribution in [0.2, 0.25) is 0 Å². The number of esters is 1. The van der Waals surface area contributed by atoms with Gasteiger partial charge in [0.05, 0.1) is 26.9 Å². The van der Waals surface area contributed by atoms with Crippen LogP contribution in [-0.4, -0.2) is 47.3 Å². The third-order valence-corrected chi connectivity index (χ3v) is 5.66. The summed E-state index contributed by atoms with van der Waals surface area (Å²) in [5.74, 6) is 2.03. The first-order chi connectivity index (χ1) is 14.3. The zero-order valence-corrected chi connectivity index (χ0v) is 18.3. The summed E-state index contributed by atoms with van der Waals surface area (Å²) < 4.78 is 19.3. The third-order valence-electron chi connectivity index (χ3n) is 5.66. The van der Waals surface area contributed by atoms with Gasteiger partial charge in [-0.05, 0) is 24.6 Å². The van der Waals surface area contributed by atoms with Gasteiger partial charge in [0.2, 0.25) is 0 Å². The lowest BCUT2D eigenvalue weighted by Crippen LogP contribution is -2.40. The maximum Gasteiger partial charge on any atom is 0.328 e. The van der Waals surface area contributed by atoms with E-state index in [1.54, 1.807) is 13.3 Å². The summed E-state index contributed by atoms with van der Waals surface area (Å²) in [6.07, 6.45) is 5.94. The van der Waals surface area contributed by atoms with E-state index in [-0.39, 0.29) is 11.4 Å². The van der Waals surface area contributed by atoms with Crippen LogP contribution >= 0.6 is 0 Å². The Morgan fingerprint density at radius 3 is 2.83 bits per heavy atom. The van der Waals surface area contributed by atoms with E-state index in [1.807, 2.05) is 36.9 Å². The summed E-state index contributed by atoms with van der Waals surface area (Å²) >= 11 is 0. The molecule has 30 heavy (non-hydrogen) atoms. The van der Waals surface area contributed by atoms with Crippen LogP contribution in [0.15, 0.2) is 30.6 Å². The van der Waals surface area contributed by atoms with E-state index in [0.717, 1.165) is 28.3 Å². The van der Waals surface area contributed by atoms with Gasteiger partial charge in [-0.15, -0.1) is 0 Å². The summed E-state index contributed by atoms with van der Waals surface area (Å²) in [4.78, 5) is 19.8. The second-order valence-corrected chi connectivity index (χ2v) is 8.52. The van der Waals surface area contributed by atoms with Gasteiger partial charge in [0.1, 0.15) is 23.4 Å². The first kappa shape index (κ1) is 20.5. The number of imidazole rings is 1. The molecular weight excluding hydrogens is 382 g/mol. The highest BCUT2D eigenvalue weighted by Crippen LogP contribution is 2.48. The molecule has 0 saturated carbocycles. The molecule has 0 spiro atoms. The predicted molar refractivity (Wildman–Crippen MR) is 113 cm³/mol. The van der Waals surface area contributed by atoms with Gasteiger partial charge in [-0.1, -0.05) is 19.9 Å². The lowest BCUT2D eigenvalue weighted by atomic mass is 9.84. The van der Waals surface area contributed by atoms with E-state index in [9.17, 15) is 4.79 Å². The number of aromatic nitrogens is 2. The summed E-state index contributed by atoms with van der Waals surface area (Å²) in [5, 5.41) is 0. The van der Waals surface area contributed by atoms with Crippen molar-refractivity contribution in [2.75, 3.05) is 26.9 Å². The Hall–Kier alpha value is -2.80. The average Bonchev–Trinajstić information content (AvgIpc) is 3.04. The summed E-state index contributed by atoms with van der Waals surface area (Å²) in [7, 11) is 3.59. The van der Waals surface area contributed by atoms with Crippen LogP contribution in [0, 0.1) is 5.41 Å². The minimum atomic E-state index is -0.603. The van der Waals surface area contributed by atoms with Crippen molar-refractivity contribution in [3.05, 3.63) is 47.6 Å². The molecule has 2 aliphatic rings. The van der Waals surface area contributed by atoms with Crippen LogP contribution in [0.4, 0.5) is 0 Å². The highest BCUT2D eigenvalue weighted by molar-refractivity contribution is 5.88. The number of hydrogen-bond donors (Lipinski definition) is 0. The second-order valence-electron chi connectivity index (χ2n) is 8.52. The number of nitrogens with zero attached hydrogens (tertiary/aromatic N) is 3. The van der Waals surface area contributed by atoms with Gasteiger partial charge in [0.15, 0.2) is 0 Å². The third kappa shape index (κ3) is 3.58. The molecule has 160 valence electrons. The lowest BCUT2D eigenvalue weighted by molar-refractivity contribution is -0.150. The van der Waals surface area contributed by atoms with Gasteiger partial charge in [0, 0.05) is 42.5 Å².